The van der Waals surface area contributed by atoms with Gasteiger partial charge in [-0.2, -0.15) is 13.2 Å². The number of carbonyl (C=O) groups excluding carboxylic acids is 1. The largest absolute Gasteiger partial charge is 0.508 e. The molecule has 1 heterocycles. The van der Waals surface area contributed by atoms with Gasteiger partial charge in [-0.15, -0.1) is 10.2 Å². The number of carbonyl (C=O) groups is 1. The van der Waals surface area contributed by atoms with Gasteiger partial charge in [0.1, 0.15) is 5.75 Å². The molecular weight excluding hydrogens is 225 g/mol. The number of nitrogens with zero attached hydrogens (tertiary/aromatic N) is 2. The fraction of sp³-hybridized carbons (Fsp3) is 0.222. The van der Waals surface area contributed by atoms with Gasteiger partial charge in [0, 0.05) is 11.1 Å². The minimum Gasteiger partial charge on any atom is -0.508 e. The van der Waals surface area contributed by atoms with E-state index in [2.05, 4.69) is 10.2 Å². The molecule has 0 atom stereocenters. The lowest BCUT2D eigenvalue weighted by Crippen LogP contribution is -2.31. The van der Waals surface area contributed by atoms with Gasteiger partial charge in [0.25, 0.3) is 0 Å². The zero-order valence-electron chi connectivity index (χ0n) is 7.69. The second-order valence-corrected chi connectivity index (χ2v) is 3.26. The first-order valence-electron chi connectivity index (χ1n) is 4.20. The van der Waals surface area contributed by atoms with Crippen LogP contribution in [0.2, 0.25) is 0 Å². The number of halogens is 3. The van der Waals surface area contributed by atoms with Gasteiger partial charge in [0.05, 0.1) is 0 Å². The van der Waals surface area contributed by atoms with Crippen molar-refractivity contribution in [1.29, 1.82) is 0 Å². The molecule has 0 aliphatic carbocycles. The summed E-state index contributed by atoms with van der Waals surface area (Å²) >= 11 is 0. The number of hydrogen-bond acceptors (Lipinski definition) is 4. The zero-order chi connectivity index (χ0) is 12.0. The zero-order valence-corrected chi connectivity index (χ0v) is 7.69. The molecule has 1 aliphatic heterocycles. The first-order valence-corrected chi connectivity index (χ1v) is 4.20. The number of phenolic OH excluding ortho intramolecular Hbond substituents is 1. The molecule has 0 saturated carbocycles. The molecule has 0 saturated heterocycles. The summed E-state index contributed by atoms with van der Waals surface area (Å²) < 4.78 is 37.9. The molecule has 1 aromatic rings. The lowest BCUT2D eigenvalue weighted by atomic mass is 9.97. The third-order valence-electron chi connectivity index (χ3n) is 2.23. The van der Waals surface area contributed by atoms with Crippen LogP contribution in [0, 0.1) is 0 Å². The van der Waals surface area contributed by atoms with Crippen LogP contribution in [0.25, 0.3) is 0 Å². The molecule has 2 rings (SSSR count). The highest BCUT2D eigenvalue weighted by Crippen LogP contribution is 2.53. The summed E-state index contributed by atoms with van der Waals surface area (Å²) in [6.07, 6.45) is -4.44. The van der Waals surface area contributed by atoms with Crippen LogP contribution in [-0.4, -0.2) is 17.6 Å². The van der Waals surface area contributed by atoms with E-state index in [0.717, 1.165) is 18.2 Å². The fourth-order valence-electron chi connectivity index (χ4n) is 1.37. The van der Waals surface area contributed by atoms with Crippen LogP contribution in [0.3, 0.4) is 0 Å². The summed E-state index contributed by atoms with van der Waals surface area (Å²) in [6.45, 7) is 0. The standard InChI is InChI=1S/C9H5F3N2O2/c10-9(11,12)8(13-14-8)7-3-6(16)2-1-5(7)4-15/h1-4,16H. The van der Waals surface area contributed by atoms with Crippen molar-refractivity contribution < 1.29 is 23.1 Å². The first kappa shape index (κ1) is 10.6. The lowest BCUT2D eigenvalue weighted by molar-refractivity contribution is -0.166. The molecule has 84 valence electrons. The second kappa shape index (κ2) is 3.03. The molecule has 4 nitrogen and oxygen atoms in total. The lowest BCUT2D eigenvalue weighted by Gasteiger charge is -2.16. The third-order valence-corrected chi connectivity index (χ3v) is 2.23. The molecular formula is C9H5F3N2O2. The van der Waals surface area contributed by atoms with Crippen molar-refractivity contribution in [2.24, 2.45) is 10.2 Å². The van der Waals surface area contributed by atoms with Crippen LogP contribution < -0.4 is 0 Å². The van der Waals surface area contributed by atoms with Gasteiger partial charge in [-0.05, 0) is 18.2 Å². The summed E-state index contributed by atoms with van der Waals surface area (Å²) in [5, 5.41) is 15.0. The van der Waals surface area contributed by atoms with E-state index >= 15 is 0 Å². The number of phenols is 1. The predicted octanol–water partition coefficient (Wildman–Crippen LogP) is 2.39. The van der Waals surface area contributed by atoms with Gasteiger partial charge in [-0.3, -0.25) is 4.79 Å². The van der Waals surface area contributed by atoms with Crippen molar-refractivity contribution in [2.75, 3.05) is 0 Å². The normalized spacial score (nSPS) is 17.2. The average molecular weight is 230 g/mol. The minimum absolute atomic E-state index is 0.194. The van der Waals surface area contributed by atoms with Crippen molar-refractivity contribution in [2.45, 2.75) is 11.8 Å². The summed E-state index contributed by atoms with van der Waals surface area (Å²) in [6, 6.07) is 3.06. The Morgan fingerprint density at radius 3 is 2.38 bits per heavy atom. The van der Waals surface area contributed by atoms with Crippen molar-refractivity contribution >= 4 is 6.29 Å². The number of aldehydes is 1. The molecule has 0 amide bonds. The van der Waals surface area contributed by atoms with Crippen LogP contribution in [0.1, 0.15) is 15.9 Å². The molecule has 0 fully saturated rings. The van der Waals surface area contributed by atoms with Crippen molar-refractivity contribution in [3.05, 3.63) is 29.3 Å². The molecule has 0 unspecified atom stereocenters. The Hall–Kier alpha value is -1.92. The van der Waals surface area contributed by atoms with E-state index in [1.54, 1.807) is 0 Å². The SMILES string of the molecule is O=Cc1ccc(O)cc1C1(C(F)(F)F)N=N1. The van der Waals surface area contributed by atoms with Crippen LogP contribution in [0.15, 0.2) is 28.4 Å². The van der Waals surface area contributed by atoms with Crippen LogP contribution in [0.5, 0.6) is 5.75 Å². The summed E-state index contributed by atoms with van der Waals surface area (Å²) in [4.78, 5) is 10.6. The van der Waals surface area contributed by atoms with Crippen LogP contribution in [0.4, 0.5) is 13.2 Å². The third kappa shape index (κ3) is 1.36. The molecule has 0 aromatic heterocycles. The van der Waals surface area contributed by atoms with Crippen LogP contribution >= 0.6 is 0 Å². The number of rotatable bonds is 2. The number of aromatic hydroxyl groups is 1. The van der Waals surface area contributed by atoms with Crippen molar-refractivity contribution in [3.63, 3.8) is 0 Å². The Morgan fingerprint density at radius 1 is 1.31 bits per heavy atom. The van der Waals surface area contributed by atoms with Gasteiger partial charge in [-0.25, -0.2) is 0 Å². The quantitative estimate of drug-likeness (QED) is 0.793. The smallest absolute Gasteiger partial charge is 0.442 e. The summed E-state index contributed by atoms with van der Waals surface area (Å²) in [7, 11) is 0. The molecule has 1 N–H and O–H groups in total. The molecule has 1 aliphatic rings. The summed E-state index contributed by atoms with van der Waals surface area (Å²) in [5.41, 5.74) is -3.32. The molecule has 0 spiro atoms. The Kier molecular flexibility index (Phi) is 2.01. The topological polar surface area (TPSA) is 62.0 Å². The number of alkyl halides is 3. The highest BCUT2D eigenvalue weighted by Gasteiger charge is 2.66. The van der Waals surface area contributed by atoms with E-state index < -0.39 is 17.4 Å². The van der Waals surface area contributed by atoms with E-state index in [4.69, 9.17) is 5.11 Å². The predicted molar refractivity (Wildman–Crippen MR) is 46.1 cm³/mol. The van der Waals surface area contributed by atoms with E-state index in [1.807, 2.05) is 0 Å². The van der Waals surface area contributed by atoms with E-state index in [9.17, 15) is 18.0 Å². The highest BCUT2D eigenvalue weighted by atomic mass is 19.4. The number of hydrogen-bond donors (Lipinski definition) is 1. The maximum absolute atomic E-state index is 12.6. The van der Waals surface area contributed by atoms with E-state index in [-0.39, 0.29) is 17.6 Å². The molecule has 7 heteroatoms. The maximum Gasteiger partial charge on any atom is 0.442 e. The molecule has 16 heavy (non-hydrogen) atoms. The Balaban J connectivity index is 2.56. The molecule has 0 bridgehead atoms. The van der Waals surface area contributed by atoms with Crippen molar-refractivity contribution in [3.8, 4) is 5.75 Å². The van der Waals surface area contributed by atoms with Gasteiger partial charge in [0.2, 0.25) is 0 Å². The van der Waals surface area contributed by atoms with Gasteiger partial charge < -0.3 is 5.11 Å². The molecule has 1 aromatic carbocycles. The second-order valence-electron chi connectivity index (χ2n) is 3.26. The van der Waals surface area contributed by atoms with Gasteiger partial charge in [0.15, 0.2) is 6.29 Å². The highest BCUT2D eigenvalue weighted by molar-refractivity contribution is 5.78. The maximum atomic E-state index is 12.6. The minimum atomic E-state index is -4.71. The first-order chi connectivity index (χ1) is 7.40. The summed E-state index contributed by atoms with van der Waals surface area (Å²) in [5.74, 6) is -0.374. The Morgan fingerprint density at radius 2 is 1.94 bits per heavy atom. The van der Waals surface area contributed by atoms with Crippen LogP contribution in [-0.2, 0) is 5.66 Å². The van der Waals surface area contributed by atoms with Gasteiger partial charge in [-0.1, -0.05) is 0 Å². The van der Waals surface area contributed by atoms with Crippen molar-refractivity contribution in [1.82, 2.24) is 0 Å². The van der Waals surface area contributed by atoms with E-state index in [1.165, 1.54) is 0 Å². The van der Waals surface area contributed by atoms with E-state index in [0.29, 0.717) is 0 Å². The Bertz CT molecular complexity index is 476. The fourth-order valence-corrected chi connectivity index (χ4v) is 1.37. The Labute approximate surface area is 87.4 Å². The molecule has 0 radical (unpaired) electrons. The monoisotopic (exact) mass is 230 g/mol. The number of benzene rings is 1. The van der Waals surface area contributed by atoms with Gasteiger partial charge >= 0.3 is 11.8 Å². The average Bonchev–Trinajstić information content (AvgIpc) is 2.97.